The summed E-state index contributed by atoms with van der Waals surface area (Å²) < 4.78 is 26.8. The average Bonchev–Trinajstić information content (AvgIpc) is 3.00. The van der Waals surface area contributed by atoms with Gasteiger partial charge >= 0.3 is 0 Å². The number of benzene rings is 4. The van der Waals surface area contributed by atoms with E-state index in [0.717, 1.165) is 11.1 Å². The minimum Gasteiger partial charge on any atom is -0.207 e. The van der Waals surface area contributed by atoms with Crippen LogP contribution < -0.4 is 0 Å². The first-order valence-corrected chi connectivity index (χ1v) is 17.5. The van der Waals surface area contributed by atoms with Gasteiger partial charge in [0.2, 0.25) is 0 Å². The first-order valence-electron chi connectivity index (χ1n) is 17.5. The quantitative estimate of drug-likeness (QED) is 0.189. The monoisotopic (exact) mass is 640 g/mol. The molecule has 0 saturated heterocycles. The summed E-state index contributed by atoms with van der Waals surface area (Å²) in [4.78, 5) is 0. The molecule has 0 saturated carbocycles. The zero-order valence-corrected chi connectivity index (χ0v) is 31.5. The summed E-state index contributed by atoms with van der Waals surface area (Å²) in [6.07, 6.45) is 0. The van der Waals surface area contributed by atoms with E-state index in [1.165, 1.54) is 35.4 Å². The fraction of sp³-hybridized carbons (Fsp3) is 0.467. The Morgan fingerprint density at radius 1 is 0.383 bits per heavy atom. The van der Waals surface area contributed by atoms with Gasteiger partial charge in [-0.05, 0) is 92.4 Å². The van der Waals surface area contributed by atoms with Crippen LogP contribution in [-0.4, -0.2) is 0 Å². The molecular formula is C45H62F2. The third-order valence-corrected chi connectivity index (χ3v) is 9.01. The highest BCUT2D eigenvalue weighted by Gasteiger charge is 2.41. The molecule has 0 spiro atoms. The minimum atomic E-state index is -0.222. The molecule has 0 aliphatic rings. The van der Waals surface area contributed by atoms with E-state index in [2.05, 4.69) is 137 Å². The molecule has 4 unspecified atom stereocenters. The molecule has 0 aliphatic heterocycles. The molecular weight excluding hydrogens is 578 g/mol. The summed E-state index contributed by atoms with van der Waals surface area (Å²) in [6, 6.07) is 35.6. The van der Waals surface area contributed by atoms with E-state index >= 15 is 0 Å². The molecule has 0 nitrogen and oxygen atoms in total. The summed E-state index contributed by atoms with van der Waals surface area (Å²) in [5.74, 6) is 1.58. The molecule has 4 rings (SSSR count). The lowest BCUT2D eigenvalue weighted by Crippen LogP contribution is -2.32. The van der Waals surface area contributed by atoms with Crippen LogP contribution in [0.25, 0.3) is 0 Å². The Bertz CT molecular complexity index is 1350. The van der Waals surface area contributed by atoms with Crippen molar-refractivity contribution < 1.29 is 8.78 Å². The second-order valence-corrected chi connectivity index (χ2v) is 16.2. The summed E-state index contributed by atoms with van der Waals surface area (Å²) in [7, 11) is 0. The van der Waals surface area contributed by atoms with Crippen LogP contribution in [0, 0.1) is 33.8 Å². The SMILES string of the molecule is CC.CC(C)(C)C(c1ccc(F)cc1)C(c1ccc(F)cc1)C(C)(C)C.CC(C)C(c1ccccc1)C(c1ccccc1)C(C)(C)C. The van der Waals surface area contributed by atoms with E-state index < -0.39 is 0 Å². The molecule has 4 atom stereocenters. The topological polar surface area (TPSA) is 0 Å². The number of halogens is 2. The summed E-state index contributed by atoms with van der Waals surface area (Å²) in [5, 5.41) is 0. The van der Waals surface area contributed by atoms with Gasteiger partial charge in [-0.3, -0.25) is 0 Å². The van der Waals surface area contributed by atoms with Gasteiger partial charge in [0, 0.05) is 0 Å². The second-order valence-electron chi connectivity index (χ2n) is 16.2. The summed E-state index contributed by atoms with van der Waals surface area (Å²) in [6.45, 7) is 29.1. The van der Waals surface area contributed by atoms with Crippen molar-refractivity contribution >= 4 is 0 Å². The lowest BCUT2D eigenvalue weighted by Gasteiger charge is -2.44. The molecule has 2 heteroatoms. The zero-order valence-electron chi connectivity index (χ0n) is 31.5. The van der Waals surface area contributed by atoms with Crippen molar-refractivity contribution in [3.63, 3.8) is 0 Å². The average molecular weight is 641 g/mol. The van der Waals surface area contributed by atoms with E-state index in [9.17, 15) is 8.78 Å². The maximum atomic E-state index is 13.4. The van der Waals surface area contributed by atoms with Crippen molar-refractivity contribution in [3.8, 4) is 0 Å². The van der Waals surface area contributed by atoms with Crippen LogP contribution in [-0.2, 0) is 0 Å². The summed E-state index contributed by atoms with van der Waals surface area (Å²) in [5.41, 5.74) is 5.32. The van der Waals surface area contributed by atoms with Crippen molar-refractivity contribution in [2.75, 3.05) is 0 Å². The molecule has 4 aromatic rings. The van der Waals surface area contributed by atoms with Gasteiger partial charge in [0.1, 0.15) is 11.6 Å². The third-order valence-electron chi connectivity index (χ3n) is 9.01. The third kappa shape index (κ3) is 11.4. The predicted molar refractivity (Wildman–Crippen MR) is 201 cm³/mol. The van der Waals surface area contributed by atoms with Gasteiger partial charge in [0.25, 0.3) is 0 Å². The van der Waals surface area contributed by atoms with Crippen LogP contribution in [0.4, 0.5) is 8.78 Å². The van der Waals surface area contributed by atoms with Crippen molar-refractivity contribution in [1.29, 1.82) is 0 Å². The molecule has 0 bridgehead atoms. The van der Waals surface area contributed by atoms with Crippen molar-refractivity contribution in [3.05, 3.63) is 143 Å². The van der Waals surface area contributed by atoms with Crippen molar-refractivity contribution in [2.45, 2.75) is 114 Å². The highest BCUT2D eigenvalue weighted by atomic mass is 19.1. The Balaban J connectivity index is 0.000000313. The first-order chi connectivity index (χ1) is 21.9. The fourth-order valence-corrected chi connectivity index (χ4v) is 7.27. The molecule has 0 aliphatic carbocycles. The molecule has 0 N–H and O–H groups in total. The first kappa shape index (κ1) is 39.9. The largest absolute Gasteiger partial charge is 0.207 e. The molecule has 0 amide bonds. The molecule has 0 fully saturated rings. The molecule has 0 heterocycles. The number of rotatable bonds is 7. The van der Waals surface area contributed by atoms with Gasteiger partial charge in [-0.25, -0.2) is 8.78 Å². The fourth-order valence-electron chi connectivity index (χ4n) is 7.27. The van der Waals surface area contributed by atoms with Gasteiger partial charge in [0.05, 0.1) is 0 Å². The van der Waals surface area contributed by atoms with Crippen LogP contribution in [0.5, 0.6) is 0 Å². The molecule has 0 radical (unpaired) electrons. The van der Waals surface area contributed by atoms with Gasteiger partial charge in [-0.15, -0.1) is 0 Å². The van der Waals surface area contributed by atoms with E-state index in [1.807, 2.05) is 38.1 Å². The maximum Gasteiger partial charge on any atom is 0.123 e. The Kier molecular flexibility index (Phi) is 14.6. The normalized spacial score (nSPS) is 14.6. The van der Waals surface area contributed by atoms with Gasteiger partial charge < -0.3 is 0 Å². The molecule has 256 valence electrons. The Morgan fingerprint density at radius 3 is 0.936 bits per heavy atom. The van der Waals surface area contributed by atoms with Gasteiger partial charge in [-0.1, -0.05) is 175 Å². The Hall–Kier alpha value is -3.26. The molecule has 0 aromatic heterocycles. The van der Waals surface area contributed by atoms with Crippen LogP contribution in [0.3, 0.4) is 0 Å². The van der Waals surface area contributed by atoms with Crippen LogP contribution in [0.15, 0.2) is 109 Å². The molecule has 47 heavy (non-hydrogen) atoms. The number of hydrogen-bond donors (Lipinski definition) is 0. The minimum absolute atomic E-state index is 0.0236. The van der Waals surface area contributed by atoms with Crippen LogP contribution >= 0.6 is 0 Å². The predicted octanol–water partition coefficient (Wildman–Crippen LogP) is 14.2. The highest BCUT2D eigenvalue weighted by Crippen LogP contribution is 2.53. The highest BCUT2D eigenvalue weighted by molar-refractivity contribution is 5.33. The van der Waals surface area contributed by atoms with Gasteiger partial charge in [0.15, 0.2) is 0 Å². The van der Waals surface area contributed by atoms with E-state index in [-0.39, 0.29) is 39.7 Å². The molecule has 4 aromatic carbocycles. The van der Waals surface area contributed by atoms with Crippen molar-refractivity contribution in [1.82, 2.24) is 0 Å². The lowest BCUT2D eigenvalue weighted by atomic mass is 9.60. The van der Waals surface area contributed by atoms with Crippen LogP contribution in [0.1, 0.15) is 136 Å². The number of hydrogen-bond acceptors (Lipinski definition) is 0. The lowest BCUT2D eigenvalue weighted by molar-refractivity contribution is 0.186. The standard InChI is InChI=1S/C22H28F2.C21H28.C2H6/c1-21(2,3)19(15-7-11-17(23)12-8-15)20(22(4,5)6)16-9-13-18(24)14-10-16;1-16(2)19(17-12-8-6-9-13-17)20(21(3,4)5)18-14-10-7-11-15-18;1-2/h7-14,19-20H,1-6H3;6-16,19-20H,1-5H3;1-2H3. The Labute approximate surface area is 287 Å². The van der Waals surface area contributed by atoms with Crippen LogP contribution in [0.2, 0.25) is 0 Å². The van der Waals surface area contributed by atoms with E-state index in [1.54, 1.807) is 0 Å². The second kappa shape index (κ2) is 17.2. The smallest absolute Gasteiger partial charge is 0.123 e. The Morgan fingerprint density at radius 2 is 0.660 bits per heavy atom. The van der Waals surface area contributed by atoms with E-state index in [0.29, 0.717) is 17.8 Å². The van der Waals surface area contributed by atoms with E-state index in [4.69, 9.17) is 0 Å². The summed E-state index contributed by atoms with van der Waals surface area (Å²) >= 11 is 0. The van der Waals surface area contributed by atoms with Crippen molar-refractivity contribution in [2.24, 2.45) is 22.2 Å². The maximum absolute atomic E-state index is 13.4. The zero-order chi connectivity index (χ0) is 35.6. The van der Waals surface area contributed by atoms with Gasteiger partial charge in [-0.2, -0.15) is 0 Å².